The van der Waals surface area contributed by atoms with Crippen molar-refractivity contribution in [3.05, 3.63) is 63.6 Å². The Balaban J connectivity index is 1.52. The largest absolute Gasteiger partial charge is 0.488 e. The molecule has 0 radical (unpaired) electrons. The highest BCUT2D eigenvalue weighted by atomic mass is 35.5. The molecule has 1 aliphatic carbocycles. The minimum absolute atomic E-state index is 0.175. The maximum absolute atomic E-state index is 10.2. The van der Waals surface area contributed by atoms with Gasteiger partial charge in [0.05, 0.1) is 10.0 Å². The molecule has 3 N–H and O–H groups in total. The SMILES string of the molecule is O[C@H](C[NH2+][C@@H]1CCCc2ccccc21)COc1c(Cl)cccc1Cl. The van der Waals surface area contributed by atoms with Crippen molar-refractivity contribution in [1.82, 2.24) is 0 Å². The summed E-state index contributed by atoms with van der Waals surface area (Å²) in [4.78, 5) is 0. The predicted octanol–water partition coefficient (Wildman–Crippen LogP) is 3.37. The second-order valence-electron chi connectivity index (χ2n) is 6.18. The molecule has 0 spiro atoms. The number of aliphatic hydroxyl groups is 1. The van der Waals surface area contributed by atoms with Crippen LogP contribution in [0.4, 0.5) is 0 Å². The highest BCUT2D eigenvalue weighted by molar-refractivity contribution is 6.37. The summed E-state index contributed by atoms with van der Waals surface area (Å²) in [5.74, 6) is 0.433. The van der Waals surface area contributed by atoms with Crippen molar-refractivity contribution in [2.24, 2.45) is 0 Å². The van der Waals surface area contributed by atoms with Crippen molar-refractivity contribution in [3.63, 3.8) is 0 Å². The highest BCUT2D eigenvalue weighted by Gasteiger charge is 2.23. The summed E-state index contributed by atoms with van der Waals surface area (Å²) in [5.41, 5.74) is 2.82. The minimum atomic E-state index is -0.577. The van der Waals surface area contributed by atoms with Gasteiger partial charge in [-0.1, -0.05) is 53.5 Å². The van der Waals surface area contributed by atoms with E-state index in [9.17, 15) is 5.11 Å². The summed E-state index contributed by atoms with van der Waals surface area (Å²) in [6.45, 7) is 0.759. The lowest BCUT2D eigenvalue weighted by Gasteiger charge is -2.24. The summed E-state index contributed by atoms with van der Waals surface area (Å²) in [7, 11) is 0. The van der Waals surface area contributed by atoms with E-state index >= 15 is 0 Å². The maximum atomic E-state index is 10.2. The second kappa shape index (κ2) is 8.21. The molecule has 0 unspecified atom stereocenters. The molecule has 2 atom stereocenters. The molecule has 0 fully saturated rings. The fourth-order valence-corrected chi connectivity index (χ4v) is 3.73. The van der Waals surface area contributed by atoms with Gasteiger partial charge in [0, 0.05) is 12.0 Å². The van der Waals surface area contributed by atoms with Crippen LogP contribution in [0.3, 0.4) is 0 Å². The van der Waals surface area contributed by atoms with Gasteiger partial charge in [-0.2, -0.15) is 0 Å². The number of aliphatic hydroxyl groups excluding tert-OH is 1. The summed E-state index contributed by atoms with van der Waals surface area (Å²) < 4.78 is 5.60. The number of halogens is 2. The molecule has 3 nitrogen and oxygen atoms in total. The fraction of sp³-hybridized carbons (Fsp3) is 0.368. The number of hydrogen-bond acceptors (Lipinski definition) is 2. The molecule has 1 aliphatic rings. The van der Waals surface area contributed by atoms with Crippen LogP contribution in [0.25, 0.3) is 0 Å². The van der Waals surface area contributed by atoms with Crippen LogP contribution in [0.2, 0.25) is 10.0 Å². The van der Waals surface area contributed by atoms with Crippen LogP contribution in [-0.2, 0) is 6.42 Å². The zero-order chi connectivity index (χ0) is 16.9. The van der Waals surface area contributed by atoms with Crippen molar-refractivity contribution in [3.8, 4) is 5.75 Å². The van der Waals surface area contributed by atoms with Crippen LogP contribution in [0, 0.1) is 0 Å². The zero-order valence-corrected chi connectivity index (χ0v) is 14.9. The van der Waals surface area contributed by atoms with E-state index in [1.165, 1.54) is 17.5 Å². The minimum Gasteiger partial charge on any atom is -0.488 e. The molecule has 24 heavy (non-hydrogen) atoms. The Hall–Kier alpha value is -1.26. The molecule has 0 aromatic heterocycles. The lowest BCUT2D eigenvalue weighted by Crippen LogP contribution is -2.87. The third-order valence-corrected chi connectivity index (χ3v) is 5.04. The van der Waals surface area contributed by atoms with E-state index < -0.39 is 6.10 Å². The van der Waals surface area contributed by atoms with E-state index in [1.54, 1.807) is 18.2 Å². The Morgan fingerprint density at radius 2 is 1.88 bits per heavy atom. The third-order valence-electron chi connectivity index (χ3n) is 4.45. The average Bonchev–Trinajstić information content (AvgIpc) is 2.59. The Morgan fingerprint density at radius 3 is 2.67 bits per heavy atom. The number of fused-ring (bicyclic) bond motifs is 1. The van der Waals surface area contributed by atoms with Gasteiger partial charge in [0.15, 0.2) is 5.75 Å². The maximum Gasteiger partial charge on any atom is 0.156 e. The van der Waals surface area contributed by atoms with E-state index in [2.05, 4.69) is 29.6 Å². The Kier molecular flexibility index (Phi) is 6.01. The van der Waals surface area contributed by atoms with Crippen LogP contribution >= 0.6 is 23.2 Å². The first-order valence-corrected chi connectivity index (χ1v) is 9.06. The summed E-state index contributed by atoms with van der Waals surface area (Å²) in [5, 5.41) is 13.4. The van der Waals surface area contributed by atoms with Crippen molar-refractivity contribution in [2.45, 2.75) is 31.4 Å². The zero-order valence-electron chi connectivity index (χ0n) is 13.4. The molecular formula is C19H22Cl2NO2+. The molecule has 0 saturated carbocycles. The molecule has 0 heterocycles. The van der Waals surface area contributed by atoms with Crippen molar-refractivity contribution in [2.75, 3.05) is 13.2 Å². The van der Waals surface area contributed by atoms with Gasteiger partial charge in [-0.15, -0.1) is 0 Å². The molecule has 0 bridgehead atoms. The van der Waals surface area contributed by atoms with Gasteiger partial charge in [-0.05, 0) is 30.5 Å². The Labute approximate surface area is 152 Å². The number of benzene rings is 2. The predicted molar refractivity (Wildman–Crippen MR) is 96.9 cm³/mol. The summed E-state index contributed by atoms with van der Waals surface area (Å²) in [6.07, 6.45) is 2.91. The standard InChI is InChI=1S/C19H21Cl2NO2/c20-16-8-4-9-17(21)19(16)24-12-14(23)11-22-18-10-3-6-13-5-1-2-7-15(13)18/h1-2,4-5,7-9,14,18,22-23H,3,6,10-12H2/p+1/t14-,18-/m1/s1. The van der Waals surface area contributed by atoms with Crippen LogP contribution in [0.1, 0.15) is 30.0 Å². The smallest absolute Gasteiger partial charge is 0.156 e. The van der Waals surface area contributed by atoms with Crippen LogP contribution < -0.4 is 10.1 Å². The molecule has 3 rings (SSSR count). The van der Waals surface area contributed by atoms with E-state index in [-0.39, 0.29) is 6.61 Å². The number of para-hydroxylation sites is 1. The molecule has 0 amide bonds. The first kappa shape index (κ1) is 17.6. The first-order chi connectivity index (χ1) is 11.6. The summed E-state index contributed by atoms with van der Waals surface area (Å²) >= 11 is 12.1. The van der Waals surface area contributed by atoms with Gasteiger partial charge in [0.1, 0.15) is 25.3 Å². The van der Waals surface area contributed by atoms with E-state index in [0.29, 0.717) is 28.4 Å². The first-order valence-electron chi connectivity index (χ1n) is 8.31. The van der Waals surface area contributed by atoms with Gasteiger partial charge >= 0.3 is 0 Å². The molecule has 2 aromatic carbocycles. The van der Waals surface area contributed by atoms with E-state index in [0.717, 1.165) is 12.8 Å². The molecule has 0 saturated heterocycles. The average molecular weight is 367 g/mol. The summed E-state index contributed by atoms with van der Waals surface area (Å²) in [6, 6.07) is 14.2. The van der Waals surface area contributed by atoms with E-state index in [1.807, 2.05) is 0 Å². The fourth-order valence-electron chi connectivity index (χ4n) is 3.23. The normalized spacial score (nSPS) is 18.0. The number of ether oxygens (including phenoxy) is 1. The van der Waals surface area contributed by atoms with E-state index in [4.69, 9.17) is 27.9 Å². The quantitative estimate of drug-likeness (QED) is 0.822. The molecule has 0 aliphatic heterocycles. The topological polar surface area (TPSA) is 46.1 Å². The lowest BCUT2D eigenvalue weighted by molar-refractivity contribution is -0.702. The molecular weight excluding hydrogens is 345 g/mol. The molecule has 2 aromatic rings. The number of quaternary nitrogens is 1. The monoisotopic (exact) mass is 366 g/mol. The Morgan fingerprint density at radius 1 is 1.12 bits per heavy atom. The van der Waals surface area contributed by atoms with Crippen LogP contribution in [0.5, 0.6) is 5.75 Å². The molecule has 5 heteroatoms. The van der Waals surface area contributed by atoms with Gasteiger partial charge in [-0.25, -0.2) is 0 Å². The number of hydrogen-bond donors (Lipinski definition) is 2. The van der Waals surface area contributed by atoms with Gasteiger partial charge < -0.3 is 15.2 Å². The second-order valence-corrected chi connectivity index (χ2v) is 7.00. The Bertz CT molecular complexity index is 673. The van der Waals surface area contributed by atoms with Crippen LogP contribution in [0.15, 0.2) is 42.5 Å². The van der Waals surface area contributed by atoms with Gasteiger partial charge in [-0.3, -0.25) is 0 Å². The number of rotatable bonds is 6. The van der Waals surface area contributed by atoms with Crippen molar-refractivity contribution < 1.29 is 15.2 Å². The number of aryl methyl sites for hydroxylation is 1. The third kappa shape index (κ3) is 4.22. The van der Waals surface area contributed by atoms with Gasteiger partial charge in [0.2, 0.25) is 0 Å². The highest BCUT2D eigenvalue weighted by Crippen LogP contribution is 2.32. The lowest BCUT2D eigenvalue weighted by atomic mass is 9.88. The van der Waals surface area contributed by atoms with Gasteiger partial charge in [0.25, 0.3) is 0 Å². The molecule has 128 valence electrons. The van der Waals surface area contributed by atoms with Crippen LogP contribution in [-0.4, -0.2) is 24.4 Å². The van der Waals surface area contributed by atoms with Crippen molar-refractivity contribution >= 4 is 23.2 Å². The number of nitrogens with two attached hydrogens (primary N) is 1. The van der Waals surface area contributed by atoms with Crippen molar-refractivity contribution in [1.29, 1.82) is 0 Å².